The highest BCUT2D eigenvalue weighted by molar-refractivity contribution is 5.08. The van der Waals surface area contributed by atoms with Crippen LogP contribution in [0.15, 0.2) is 12.3 Å². The van der Waals surface area contributed by atoms with E-state index in [0.717, 1.165) is 18.5 Å². The third-order valence-corrected chi connectivity index (χ3v) is 3.41. The van der Waals surface area contributed by atoms with E-state index in [9.17, 15) is 5.11 Å². The number of hydrogen-bond acceptors (Lipinski definition) is 3. The molecule has 1 heterocycles. The van der Waals surface area contributed by atoms with Crippen LogP contribution in [0.2, 0.25) is 0 Å². The van der Waals surface area contributed by atoms with Crippen molar-refractivity contribution in [3.8, 4) is 0 Å². The molecule has 1 aromatic heterocycles. The second-order valence-electron chi connectivity index (χ2n) is 5.37. The van der Waals surface area contributed by atoms with Gasteiger partial charge in [0.25, 0.3) is 0 Å². The van der Waals surface area contributed by atoms with E-state index >= 15 is 0 Å². The maximum atomic E-state index is 10.6. The Bertz CT molecular complexity index is 371. The fourth-order valence-corrected chi connectivity index (χ4v) is 2.26. The summed E-state index contributed by atoms with van der Waals surface area (Å²) in [4.78, 5) is 0. The zero-order valence-corrected chi connectivity index (χ0v) is 10.9. The lowest BCUT2D eigenvalue weighted by molar-refractivity contribution is -0.0481. The normalized spacial score (nSPS) is 19.6. The second-order valence-corrected chi connectivity index (χ2v) is 5.37. The van der Waals surface area contributed by atoms with Gasteiger partial charge < -0.3 is 9.84 Å². The molecule has 1 aliphatic carbocycles. The van der Waals surface area contributed by atoms with Crippen LogP contribution in [0.4, 0.5) is 0 Å². The van der Waals surface area contributed by atoms with Gasteiger partial charge in [0.05, 0.1) is 17.9 Å². The van der Waals surface area contributed by atoms with E-state index in [1.807, 2.05) is 16.9 Å². The molecule has 0 spiro atoms. The Morgan fingerprint density at radius 2 is 2.29 bits per heavy atom. The van der Waals surface area contributed by atoms with Gasteiger partial charge in [-0.3, -0.25) is 4.68 Å². The van der Waals surface area contributed by atoms with Gasteiger partial charge in [-0.05, 0) is 38.7 Å². The van der Waals surface area contributed by atoms with Gasteiger partial charge in [-0.1, -0.05) is 0 Å². The molecule has 1 aromatic rings. The average molecular weight is 238 g/mol. The molecule has 1 N–H and O–H groups in total. The summed E-state index contributed by atoms with van der Waals surface area (Å²) in [5.74, 6) is 0.381. The largest absolute Gasteiger partial charge is 0.387 e. The standard InChI is InChI=1S/C13H22N2O2/c1-10(2)15-7-6-12(14-15)8-13(16,9-17-3)11-4-5-11/h6-7,10-11,16H,4-5,8-9H2,1-3H3. The highest BCUT2D eigenvalue weighted by Crippen LogP contribution is 2.41. The van der Waals surface area contributed by atoms with Crippen molar-refractivity contribution in [1.29, 1.82) is 0 Å². The van der Waals surface area contributed by atoms with E-state index < -0.39 is 5.60 Å². The Balaban J connectivity index is 2.06. The van der Waals surface area contributed by atoms with Crippen LogP contribution in [0.1, 0.15) is 38.4 Å². The van der Waals surface area contributed by atoms with Crippen molar-refractivity contribution in [3.05, 3.63) is 18.0 Å². The maximum absolute atomic E-state index is 10.6. The van der Waals surface area contributed by atoms with E-state index in [1.54, 1.807) is 7.11 Å². The lowest BCUT2D eigenvalue weighted by Gasteiger charge is -2.26. The zero-order valence-electron chi connectivity index (χ0n) is 10.9. The first kappa shape index (κ1) is 12.6. The maximum Gasteiger partial charge on any atom is 0.0963 e. The quantitative estimate of drug-likeness (QED) is 0.822. The number of aromatic nitrogens is 2. The van der Waals surface area contributed by atoms with Gasteiger partial charge in [-0.25, -0.2) is 0 Å². The first-order valence-corrected chi connectivity index (χ1v) is 6.30. The minimum atomic E-state index is -0.731. The lowest BCUT2D eigenvalue weighted by Crippen LogP contribution is -2.39. The molecule has 0 aliphatic heterocycles. The van der Waals surface area contributed by atoms with E-state index in [2.05, 4.69) is 18.9 Å². The molecule has 0 amide bonds. The van der Waals surface area contributed by atoms with E-state index in [1.165, 1.54) is 0 Å². The molecule has 1 atom stereocenters. The number of methoxy groups -OCH3 is 1. The molecule has 96 valence electrons. The second kappa shape index (κ2) is 4.78. The van der Waals surface area contributed by atoms with Gasteiger partial charge >= 0.3 is 0 Å². The summed E-state index contributed by atoms with van der Waals surface area (Å²) in [7, 11) is 1.64. The molecule has 2 rings (SSSR count). The minimum Gasteiger partial charge on any atom is -0.387 e. The molecule has 1 saturated carbocycles. The number of hydrogen-bond donors (Lipinski definition) is 1. The third kappa shape index (κ3) is 2.87. The van der Waals surface area contributed by atoms with Crippen LogP contribution in [-0.4, -0.2) is 34.2 Å². The Morgan fingerprint density at radius 1 is 1.59 bits per heavy atom. The first-order valence-electron chi connectivity index (χ1n) is 6.30. The van der Waals surface area contributed by atoms with Gasteiger partial charge in [0.15, 0.2) is 0 Å². The Morgan fingerprint density at radius 3 is 2.76 bits per heavy atom. The molecule has 0 saturated heterocycles. The fraction of sp³-hybridized carbons (Fsp3) is 0.769. The van der Waals surface area contributed by atoms with Crippen LogP contribution < -0.4 is 0 Å². The number of nitrogens with zero attached hydrogens (tertiary/aromatic N) is 2. The van der Waals surface area contributed by atoms with Crippen LogP contribution in [-0.2, 0) is 11.2 Å². The van der Waals surface area contributed by atoms with Crippen LogP contribution in [0.3, 0.4) is 0 Å². The molecule has 0 aromatic carbocycles. The van der Waals surface area contributed by atoms with E-state index in [0.29, 0.717) is 25.0 Å². The van der Waals surface area contributed by atoms with Gasteiger partial charge in [0.2, 0.25) is 0 Å². The molecule has 0 radical (unpaired) electrons. The van der Waals surface area contributed by atoms with Gasteiger partial charge in [-0.15, -0.1) is 0 Å². The molecule has 17 heavy (non-hydrogen) atoms. The van der Waals surface area contributed by atoms with Crippen molar-refractivity contribution in [2.45, 2.75) is 44.8 Å². The molecular weight excluding hydrogens is 216 g/mol. The predicted molar refractivity (Wildman–Crippen MR) is 65.9 cm³/mol. The summed E-state index contributed by atoms with van der Waals surface area (Å²) in [6, 6.07) is 2.35. The van der Waals surface area contributed by atoms with Crippen LogP contribution in [0, 0.1) is 5.92 Å². The summed E-state index contributed by atoms with van der Waals surface area (Å²) < 4.78 is 7.08. The monoisotopic (exact) mass is 238 g/mol. The van der Waals surface area contributed by atoms with Crippen molar-refractivity contribution < 1.29 is 9.84 Å². The van der Waals surface area contributed by atoms with Crippen molar-refractivity contribution in [3.63, 3.8) is 0 Å². The third-order valence-electron chi connectivity index (χ3n) is 3.41. The Kier molecular flexibility index (Phi) is 3.54. The lowest BCUT2D eigenvalue weighted by atomic mass is 9.93. The highest BCUT2D eigenvalue weighted by Gasteiger charge is 2.44. The summed E-state index contributed by atoms with van der Waals surface area (Å²) >= 11 is 0. The summed E-state index contributed by atoms with van der Waals surface area (Å²) in [5, 5.41) is 15.1. The molecule has 0 bridgehead atoms. The highest BCUT2D eigenvalue weighted by atomic mass is 16.5. The van der Waals surface area contributed by atoms with Crippen molar-refractivity contribution >= 4 is 0 Å². The van der Waals surface area contributed by atoms with Gasteiger partial charge in [-0.2, -0.15) is 5.10 Å². The van der Waals surface area contributed by atoms with Crippen molar-refractivity contribution in [2.75, 3.05) is 13.7 Å². The molecular formula is C13H22N2O2. The van der Waals surface area contributed by atoms with Gasteiger partial charge in [0, 0.05) is 25.8 Å². The fourth-order valence-electron chi connectivity index (χ4n) is 2.26. The molecule has 4 nitrogen and oxygen atoms in total. The molecule has 1 aliphatic rings. The molecule has 4 heteroatoms. The van der Waals surface area contributed by atoms with Crippen LogP contribution >= 0.6 is 0 Å². The Hall–Kier alpha value is -0.870. The van der Waals surface area contributed by atoms with Crippen LogP contribution in [0.5, 0.6) is 0 Å². The molecule has 1 fully saturated rings. The van der Waals surface area contributed by atoms with E-state index in [4.69, 9.17) is 4.74 Å². The van der Waals surface area contributed by atoms with Gasteiger partial charge in [0.1, 0.15) is 0 Å². The van der Waals surface area contributed by atoms with E-state index in [-0.39, 0.29) is 0 Å². The van der Waals surface area contributed by atoms with Crippen molar-refractivity contribution in [1.82, 2.24) is 9.78 Å². The summed E-state index contributed by atoms with van der Waals surface area (Å²) in [5.41, 5.74) is 0.218. The van der Waals surface area contributed by atoms with Crippen molar-refractivity contribution in [2.24, 2.45) is 5.92 Å². The molecule has 1 unspecified atom stereocenters. The first-order chi connectivity index (χ1) is 8.05. The topological polar surface area (TPSA) is 47.3 Å². The Labute approximate surface area is 103 Å². The summed E-state index contributed by atoms with van der Waals surface area (Å²) in [6.07, 6.45) is 4.76. The number of ether oxygens (including phenoxy) is 1. The number of aliphatic hydroxyl groups is 1. The number of rotatable bonds is 6. The average Bonchev–Trinajstić information content (AvgIpc) is 3.01. The predicted octanol–water partition coefficient (Wildman–Crippen LogP) is 1.79. The smallest absolute Gasteiger partial charge is 0.0963 e. The minimum absolute atomic E-state index is 0.361. The zero-order chi connectivity index (χ0) is 12.5. The van der Waals surface area contributed by atoms with Crippen LogP contribution in [0.25, 0.3) is 0 Å². The summed E-state index contributed by atoms with van der Waals surface area (Å²) in [6.45, 7) is 4.59. The SMILES string of the molecule is COCC(O)(Cc1ccn(C(C)C)n1)C1CC1.